The molecule has 1 fully saturated rings. The third-order valence-corrected chi connectivity index (χ3v) is 13.3. The topological polar surface area (TPSA) is 381 Å². The number of rotatable bonds is 22. The molecule has 7 atom stereocenters. The lowest BCUT2D eigenvalue weighted by Crippen LogP contribution is -2.46. The molecule has 3 aromatic rings. The Morgan fingerprint density at radius 2 is 1.67 bits per heavy atom. The van der Waals surface area contributed by atoms with Crippen LogP contribution in [0, 0.1) is 5.41 Å². The monoisotopic (exact) mass is 903 g/mol. The van der Waals surface area contributed by atoms with Crippen LogP contribution in [0.2, 0.25) is 0 Å². The van der Waals surface area contributed by atoms with Gasteiger partial charge in [-0.25, -0.2) is 37.1 Å². The molecule has 1 aliphatic rings. The van der Waals surface area contributed by atoms with Crippen LogP contribution in [0.1, 0.15) is 39.3 Å². The van der Waals surface area contributed by atoms with Gasteiger partial charge >= 0.3 is 23.5 Å². The van der Waals surface area contributed by atoms with Crippen LogP contribution in [-0.2, 0) is 55.7 Å². The Bertz CT molecular complexity index is 2160. The highest BCUT2D eigenvalue weighted by molar-refractivity contribution is 7.91. The van der Waals surface area contributed by atoms with Crippen LogP contribution in [0.4, 0.5) is 5.82 Å². The van der Waals surface area contributed by atoms with Gasteiger partial charge in [0.25, 0.3) is 0 Å². The number of carbonyl (C=O) groups excluding carboxylic acids is 2. The number of fused-ring (bicyclic) bond motifs is 1. The van der Waals surface area contributed by atoms with Gasteiger partial charge in [-0.05, 0) is 25.0 Å². The van der Waals surface area contributed by atoms with Gasteiger partial charge in [0.1, 0.15) is 36.3 Å². The number of hydrogen-bond donors (Lipinski definition) is 9. The number of phosphoric acid groups is 3. The Balaban J connectivity index is 1.22. The number of unbranched alkanes of at least 4 members (excludes halogenated alkanes) is 1. The average molecular weight is 904 g/mol. The van der Waals surface area contributed by atoms with Gasteiger partial charge in [-0.2, -0.15) is 4.31 Å². The van der Waals surface area contributed by atoms with E-state index in [0.717, 1.165) is 17.2 Å². The minimum Gasteiger partial charge on any atom is -0.386 e. The Hall–Kier alpha value is -3.29. The minimum atomic E-state index is -5.58. The van der Waals surface area contributed by atoms with Gasteiger partial charge in [0, 0.05) is 24.9 Å². The van der Waals surface area contributed by atoms with Gasteiger partial charge < -0.3 is 50.9 Å². The number of imidazole rings is 1. The Morgan fingerprint density at radius 1 is 1.00 bits per heavy atom. The van der Waals surface area contributed by atoms with Gasteiger partial charge in [0.2, 0.25) is 11.8 Å². The number of aliphatic hydroxyl groups excluding tert-OH is 2. The van der Waals surface area contributed by atoms with Crippen molar-refractivity contribution in [1.82, 2.24) is 30.2 Å². The van der Waals surface area contributed by atoms with Crippen molar-refractivity contribution in [3.05, 3.63) is 43.0 Å². The van der Waals surface area contributed by atoms with Gasteiger partial charge in [-0.15, -0.1) is 0 Å². The van der Waals surface area contributed by atoms with Crippen LogP contribution in [0.5, 0.6) is 0 Å². The van der Waals surface area contributed by atoms with E-state index in [9.17, 15) is 61.5 Å². The first kappa shape index (κ1) is 47.4. The maximum atomic E-state index is 12.7. The molecule has 2 aromatic heterocycles. The fraction of sp³-hybridized carbons (Fsp3) is 0.552. The number of phosphoric ester groups is 3. The van der Waals surface area contributed by atoms with Crippen LogP contribution < -0.4 is 16.4 Å². The molecule has 324 valence electrons. The summed E-state index contributed by atoms with van der Waals surface area (Å²) in [4.78, 5) is 75.9. The SMILES string of the molecule is CC(C)(COP(=O)(O)OP(=O)(O)OCC1OC(n2cnc3c(N)ncnc32)C(O)C1OP(=O)(O)O)C(O)C(=O)NCCC(=O)NCCCCS(=O)(=O)c1ccccc1. The number of aromatic nitrogens is 4. The minimum absolute atomic E-state index is 0.0242. The number of hydrogen-bond acceptors (Lipinski definition) is 18. The number of anilines is 1. The van der Waals surface area contributed by atoms with Gasteiger partial charge in [0.15, 0.2) is 27.5 Å². The molecule has 4 rings (SSSR count). The number of nitrogens with two attached hydrogens (primary N) is 1. The summed E-state index contributed by atoms with van der Waals surface area (Å²) in [6, 6.07) is 7.93. The van der Waals surface area contributed by atoms with Crippen LogP contribution in [0.25, 0.3) is 11.2 Å². The summed E-state index contributed by atoms with van der Waals surface area (Å²) in [6.07, 6.45) is -6.34. The number of ether oxygens (including phenoxy) is 1. The first-order valence-electron chi connectivity index (χ1n) is 17.1. The molecule has 2 amide bonds. The third-order valence-electron chi connectivity index (χ3n) is 8.34. The van der Waals surface area contributed by atoms with E-state index in [1.54, 1.807) is 18.2 Å². The van der Waals surface area contributed by atoms with Gasteiger partial charge in [0.05, 0.1) is 30.2 Å². The number of nitrogens with one attached hydrogen (secondary N) is 2. The molecular weight excluding hydrogens is 859 g/mol. The van der Waals surface area contributed by atoms with Crippen molar-refractivity contribution in [2.45, 2.75) is 68.6 Å². The number of nitrogens with zero attached hydrogens (tertiary/aromatic N) is 4. The van der Waals surface area contributed by atoms with Crippen LogP contribution in [-0.4, -0.2) is 126 Å². The van der Waals surface area contributed by atoms with E-state index >= 15 is 0 Å². The molecule has 10 N–H and O–H groups in total. The number of carbonyl (C=O) groups is 2. The molecule has 0 spiro atoms. The van der Waals surface area contributed by atoms with E-state index in [1.165, 1.54) is 26.0 Å². The third kappa shape index (κ3) is 13.4. The second-order valence-corrected chi connectivity index (χ2v) is 19.8. The predicted octanol–water partition coefficient (Wildman–Crippen LogP) is -0.341. The average Bonchev–Trinajstić information content (AvgIpc) is 3.69. The normalized spacial score (nSPS) is 21.6. The lowest BCUT2D eigenvalue weighted by atomic mass is 9.87. The van der Waals surface area contributed by atoms with Crippen LogP contribution in [0.15, 0.2) is 47.9 Å². The molecule has 0 saturated carbocycles. The maximum absolute atomic E-state index is 12.7. The van der Waals surface area contributed by atoms with Crippen molar-refractivity contribution in [3.63, 3.8) is 0 Å². The second-order valence-electron chi connectivity index (χ2n) is 13.4. The molecule has 3 heterocycles. The molecular formula is C29H44N7O18P3S. The summed E-state index contributed by atoms with van der Waals surface area (Å²) in [7, 11) is -19.9. The van der Waals surface area contributed by atoms with E-state index in [1.807, 2.05) is 0 Å². The van der Waals surface area contributed by atoms with E-state index in [2.05, 4.69) is 34.4 Å². The van der Waals surface area contributed by atoms with Gasteiger partial charge in [-0.3, -0.25) is 27.7 Å². The number of aliphatic hydroxyl groups is 2. The lowest BCUT2D eigenvalue weighted by Gasteiger charge is -2.30. The Labute approximate surface area is 330 Å². The number of nitrogen functional groups attached to an aromatic ring is 1. The molecule has 0 radical (unpaired) electrons. The summed E-state index contributed by atoms with van der Waals surface area (Å²) in [5.41, 5.74) is 4.23. The summed E-state index contributed by atoms with van der Waals surface area (Å²) in [5.74, 6) is -1.62. The summed E-state index contributed by atoms with van der Waals surface area (Å²) >= 11 is 0. The van der Waals surface area contributed by atoms with Crippen molar-refractivity contribution in [3.8, 4) is 0 Å². The first-order valence-corrected chi connectivity index (χ1v) is 23.3. The largest absolute Gasteiger partial charge is 0.481 e. The van der Waals surface area contributed by atoms with E-state index in [4.69, 9.17) is 19.5 Å². The molecule has 1 aromatic carbocycles. The van der Waals surface area contributed by atoms with Crippen LogP contribution in [0.3, 0.4) is 0 Å². The highest BCUT2D eigenvalue weighted by Gasteiger charge is 2.50. The second kappa shape index (κ2) is 19.4. The fourth-order valence-electron chi connectivity index (χ4n) is 5.33. The first-order chi connectivity index (χ1) is 26.9. The molecule has 1 saturated heterocycles. The van der Waals surface area contributed by atoms with E-state index < -0.39 is 94.4 Å². The lowest BCUT2D eigenvalue weighted by molar-refractivity contribution is -0.137. The van der Waals surface area contributed by atoms with Crippen molar-refractivity contribution in [1.29, 1.82) is 0 Å². The molecule has 25 nitrogen and oxygen atoms in total. The van der Waals surface area contributed by atoms with Gasteiger partial charge in [-0.1, -0.05) is 32.0 Å². The summed E-state index contributed by atoms with van der Waals surface area (Å²) in [5, 5.41) is 26.4. The quantitative estimate of drug-likeness (QED) is 0.0460. The zero-order valence-corrected chi connectivity index (χ0v) is 34.3. The van der Waals surface area contributed by atoms with Crippen molar-refractivity contribution < 1.29 is 84.1 Å². The van der Waals surface area contributed by atoms with E-state index in [0.29, 0.717) is 12.8 Å². The Morgan fingerprint density at radius 3 is 2.34 bits per heavy atom. The molecule has 1 aliphatic heterocycles. The van der Waals surface area contributed by atoms with Crippen molar-refractivity contribution in [2.24, 2.45) is 5.41 Å². The molecule has 58 heavy (non-hydrogen) atoms. The number of benzene rings is 1. The molecule has 29 heteroatoms. The molecule has 0 bridgehead atoms. The van der Waals surface area contributed by atoms with Crippen molar-refractivity contribution in [2.75, 3.05) is 37.8 Å². The number of amides is 2. The zero-order valence-electron chi connectivity index (χ0n) is 30.8. The predicted molar refractivity (Wildman–Crippen MR) is 197 cm³/mol. The smallest absolute Gasteiger partial charge is 0.386 e. The number of sulfone groups is 1. The van der Waals surface area contributed by atoms with Crippen LogP contribution >= 0.6 is 23.5 Å². The highest BCUT2D eigenvalue weighted by atomic mass is 32.2. The maximum Gasteiger partial charge on any atom is 0.481 e. The zero-order chi connectivity index (χ0) is 43.1. The Kier molecular flexibility index (Phi) is 15.8. The summed E-state index contributed by atoms with van der Waals surface area (Å²) < 4.78 is 86.8. The van der Waals surface area contributed by atoms with E-state index in [-0.39, 0.29) is 47.1 Å². The summed E-state index contributed by atoms with van der Waals surface area (Å²) in [6.45, 7) is 0.386. The van der Waals surface area contributed by atoms with Crippen molar-refractivity contribution >= 4 is 62.1 Å². The highest BCUT2D eigenvalue weighted by Crippen LogP contribution is 2.61. The fourth-order valence-corrected chi connectivity index (χ4v) is 9.55. The molecule has 0 aliphatic carbocycles. The molecule has 7 unspecified atom stereocenters. The standard InChI is InChI=1S/C29H44N7O18P3S/c1-29(2,24(39)27(40)32-12-10-20(37)31-11-6-7-13-58(48,49)18-8-4-3-5-9-18)15-51-57(46,47)54-56(44,45)50-14-19-23(53-55(41,42)43)22(38)28(52-19)36-17-35-21-25(30)33-16-34-26(21)36/h3-5,8-9,16-17,19,22-24,28,38-39H,6-7,10-15H2,1-2H3,(H,31,37)(H,32,40)(H,44,45)(H,46,47)(H2,30,33,34)(H2,41,42,43).